The highest BCUT2D eigenvalue weighted by atomic mass is 79.9. The number of rotatable bonds is 10. The summed E-state index contributed by atoms with van der Waals surface area (Å²) < 4.78 is 12.7. The minimum Gasteiger partial charge on any atom is -0.379 e. The van der Waals surface area contributed by atoms with Gasteiger partial charge in [-0.25, -0.2) is 0 Å². The molecule has 1 atom stereocenters. The van der Waals surface area contributed by atoms with Gasteiger partial charge in [0.15, 0.2) is 0 Å². The maximum atomic E-state index is 6.01. The molecule has 1 unspecified atom stereocenters. The maximum absolute atomic E-state index is 6.01. The van der Waals surface area contributed by atoms with Gasteiger partial charge in [-0.1, -0.05) is 55.8 Å². The summed E-state index contributed by atoms with van der Waals surface area (Å²) in [4.78, 5) is 0. The lowest BCUT2D eigenvalue weighted by molar-refractivity contribution is -0.00192. The van der Waals surface area contributed by atoms with Crippen molar-refractivity contribution in [3.63, 3.8) is 0 Å². The topological polar surface area (TPSA) is 30.5 Å². The summed E-state index contributed by atoms with van der Waals surface area (Å²) >= 11 is 3.52. The second kappa shape index (κ2) is 10.3. The van der Waals surface area contributed by atoms with Crippen LogP contribution < -0.4 is 5.32 Å². The van der Waals surface area contributed by atoms with Gasteiger partial charge in [0, 0.05) is 23.7 Å². The van der Waals surface area contributed by atoms with Crippen LogP contribution in [-0.4, -0.2) is 32.4 Å². The van der Waals surface area contributed by atoms with Crippen molar-refractivity contribution in [2.24, 2.45) is 5.92 Å². The summed E-state index contributed by atoms with van der Waals surface area (Å²) in [6.07, 6.45) is 0.0487. The zero-order valence-electron chi connectivity index (χ0n) is 13.6. The molecular formula is C17H28BrNO2. The fourth-order valence-electron chi connectivity index (χ4n) is 1.89. The van der Waals surface area contributed by atoms with Crippen LogP contribution in [0.1, 0.15) is 39.4 Å². The van der Waals surface area contributed by atoms with Gasteiger partial charge >= 0.3 is 0 Å². The third-order valence-corrected chi connectivity index (χ3v) is 3.42. The zero-order valence-corrected chi connectivity index (χ0v) is 15.2. The molecule has 0 amide bonds. The van der Waals surface area contributed by atoms with Crippen molar-refractivity contribution in [1.29, 1.82) is 0 Å². The van der Waals surface area contributed by atoms with Crippen molar-refractivity contribution >= 4 is 15.9 Å². The van der Waals surface area contributed by atoms with Crippen LogP contribution in [0.2, 0.25) is 0 Å². The van der Waals surface area contributed by atoms with Gasteiger partial charge in [-0.3, -0.25) is 0 Å². The molecule has 0 bridgehead atoms. The number of ether oxygens (including phenoxy) is 2. The molecule has 0 fully saturated rings. The lowest BCUT2D eigenvalue weighted by Crippen LogP contribution is -2.29. The zero-order chi connectivity index (χ0) is 15.7. The number of hydrogen-bond donors (Lipinski definition) is 1. The Kier molecular flexibility index (Phi) is 9.16. The highest BCUT2D eigenvalue weighted by molar-refractivity contribution is 9.10. The van der Waals surface area contributed by atoms with Crippen LogP contribution in [0.5, 0.6) is 0 Å². The van der Waals surface area contributed by atoms with Crippen LogP contribution >= 0.6 is 15.9 Å². The largest absolute Gasteiger partial charge is 0.379 e. The molecule has 1 aromatic carbocycles. The van der Waals surface area contributed by atoms with E-state index >= 15 is 0 Å². The molecule has 1 N–H and O–H groups in total. The van der Waals surface area contributed by atoms with Crippen molar-refractivity contribution in [3.05, 3.63) is 34.3 Å². The summed E-state index contributed by atoms with van der Waals surface area (Å²) in [5, 5.41) is 3.44. The molecular weight excluding hydrogens is 330 g/mol. The SMILES string of the molecule is CC(C)COCCOC(CNC(C)C)c1cccc(Br)c1. The third-order valence-electron chi connectivity index (χ3n) is 2.93. The fourth-order valence-corrected chi connectivity index (χ4v) is 2.31. The molecule has 0 saturated carbocycles. The lowest BCUT2D eigenvalue weighted by Gasteiger charge is -2.21. The first kappa shape index (κ1) is 18.6. The Morgan fingerprint density at radius 1 is 1.14 bits per heavy atom. The van der Waals surface area contributed by atoms with Gasteiger partial charge in [0.05, 0.1) is 19.3 Å². The predicted octanol–water partition coefficient (Wildman–Crippen LogP) is 4.18. The van der Waals surface area contributed by atoms with Crippen molar-refractivity contribution in [3.8, 4) is 0 Å². The van der Waals surface area contributed by atoms with E-state index in [0.717, 1.165) is 17.6 Å². The van der Waals surface area contributed by atoms with E-state index in [-0.39, 0.29) is 6.10 Å². The van der Waals surface area contributed by atoms with E-state index in [0.29, 0.717) is 25.2 Å². The Morgan fingerprint density at radius 2 is 1.90 bits per heavy atom. The molecule has 120 valence electrons. The number of hydrogen-bond acceptors (Lipinski definition) is 3. The summed E-state index contributed by atoms with van der Waals surface area (Å²) in [5.41, 5.74) is 1.18. The Bertz CT molecular complexity index is 396. The van der Waals surface area contributed by atoms with E-state index in [2.05, 4.69) is 61.1 Å². The molecule has 4 heteroatoms. The van der Waals surface area contributed by atoms with Gasteiger partial charge < -0.3 is 14.8 Å². The van der Waals surface area contributed by atoms with Crippen molar-refractivity contribution in [2.75, 3.05) is 26.4 Å². The fraction of sp³-hybridized carbons (Fsp3) is 0.647. The molecule has 1 rings (SSSR count). The Hall–Kier alpha value is -0.420. The summed E-state index contributed by atoms with van der Waals surface area (Å²) in [5.74, 6) is 0.563. The van der Waals surface area contributed by atoms with Crippen molar-refractivity contribution in [1.82, 2.24) is 5.32 Å². The number of nitrogens with one attached hydrogen (secondary N) is 1. The van der Waals surface area contributed by atoms with Crippen molar-refractivity contribution in [2.45, 2.75) is 39.8 Å². The normalized spacial score (nSPS) is 13.1. The Balaban J connectivity index is 2.48. The molecule has 0 aromatic heterocycles. The van der Waals surface area contributed by atoms with Gasteiger partial charge in [-0.15, -0.1) is 0 Å². The van der Waals surface area contributed by atoms with E-state index in [4.69, 9.17) is 9.47 Å². The van der Waals surface area contributed by atoms with Gasteiger partial charge in [-0.05, 0) is 23.6 Å². The van der Waals surface area contributed by atoms with E-state index in [1.807, 2.05) is 12.1 Å². The van der Waals surface area contributed by atoms with Crippen LogP contribution in [0.3, 0.4) is 0 Å². The van der Waals surface area contributed by atoms with Gasteiger partial charge in [-0.2, -0.15) is 0 Å². The van der Waals surface area contributed by atoms with E-state index in [1.54, 1.807) is 0 Å². The highest BCUT2D eigenvalue weighted by Gasteiger charge is 2.13. The molecule has 0 aliphatic rings. The Labute approximate surface area is 137 Å². The Morgan fingerprint density at radius 3 is 2.52 bits per heavy atom. The molecule has 3 nitrogen and oxygen atoms in total. The smallest absolute Gasteiger partial charge is 0.0950 e. The first-order valence-corrected chi connectivity index (χ1v) is 8.46. The molecule has 0 aliphatic carbocycles. The third kappa shape index (κ3) is 8.57. The second-order valence-corrected chi connectivity index (χ2v) is 6.86. The van der Waals surface area contributed by atoms with Crippen LogP contribution in [0.25, 0.3) is 0 Å². The van der Waals surface area contributed by atoms with Crippen molar-refractivity contribution < 1.29 is 9.47 Å². The standard InChI is InChI=1S/C17H28BrNO2/c1-13(2)12-20-8-9-21-17(11-19-14(3)4)15-6-5-7-16(18)10-15/h5-7,10,13-14,17,19H,8-9,11-12H2,1-4H3. The molecule has 0 spiro atoms. The molecule has 0 aliphatic heterocycles. The molecule has 0 heterocycles. The van der Waals surface area contributed by atoms with Crippen LogP contribution in [0.15, 0.2) is 28.7 Å². The lowest BCUT2D eigenvalue weighted by atomic mass is 10.1. The number of halogens is 1. The van der Waals surface area contributed by atoms with Crippen LogP contribution in [0.4, 0.5) is 0 Å². The van der Waals surface area contributed by atoms with Crippen LogP contribution in [0, 0.1) is 5.92 Å². The first-order chi connectivity index (χ1) is 9.99. The predicted molar refractivity (Wildman–Crippen MR) is 91.6 cm³/mol. The monoisotopic (exact) mass is 357 g/mol. The first-order valence-electron chi connectivity index (χ1n) is 7.67. The molecule has 1 aromatic rings. The molecule has 21 heavy (non-hydrogen) atoms. The van der Waals surface area contributed by atoms with Gasteiger partial charge in [0.2, 0.25) is 0 Å². The molecule has 0 radical (unpaired) electrons. The van der Waals surface area contributed by atoms with E-state index < -0.39 is 0 Å². The maximum Gasteiger partial charge on any atom is 0.0950 e. The molecule has 0 saturated heterocycles. The average molecular weight is 358 g/mol. The van der Waals surface area contributed by atoms with Crippen LogP contribution in [-0.2, 0) is 9.47 Å². The number of benzene rings is 1. The summed E-state index contributed by atoms with van der Waals surface area (Å²) in [7, 11) is 0. The van der Waals surface area contributed by atoms with Gasteiger partial charge in [0.25, 0.3) is 0 Å². The average Bonchev–Trinajstić information content (AvgIpc) is 2.41. The minimum absolute atomic E-state index is 0.0487. The highest BCUT2D eigenvalue weighted by Crippen LogP contribution is 2.21. The van der Waals surface area contributed by atoms with Gasteiger partial charge in [0.1, 0.15) is 0 Å². The minimum atomic E-state index is 0.0487. The quantitative estimate of drug-likeness (QED) is 0.637. The van der Waals surface area contributed by atoms with E-state index in [1.165, 1.54) is 5.56 Å². The summed E-state index contributed by atoms with van der Waals surface area (Å²) in [6, 6.07) is 8.73. The summed E-state index contributed by atoms with van der Waals surface area (Å²) in [6.45, 7) is 11.4. The second-order valence-electron chi connectivity index (χ2n) is 5.95. The van der Waals surface area contributed by atoms with E-state index in [9.17, 15) is 0 Å².